The van der Waals surface area contributed by atoms with Crippen LogP contribution in [0.1, 0.15) is 5.69 Å². The van der Waals surface area contributed by atoms with Crippen molar-refractivity contribution in [1.82, 2.24) is 25.2 Å². The number of hydrogen-bond acceptors (Lipinski definition) is 9. The average molecular weight is 442 g/mol. The number of ether oxygens (including phenoxy) is 3. The van der Waals surface area contributed by atoms with Gasteiger partial charge in [0.05, 0.1) is 32.6 Å². The zero-order valence-electron chi connectivity index (χ0n) is 16.6. The zero-order valence-corrected chi connectivity index (χ0v) is 18.2. The molecule has 0 fully saturated rings. The molecule has 2 aromatic heterocycles. The molecule has 0 atom stereocenters. The molecule has 2 heterocycles. The summed E-state index contributed by atoms with van der Waals surface area (Å²) in [5.74, 6) is 2.68. The first kappa shape index (κ1) is 20.2. The minimum atomic E-state index is 0.623. The second-order valence-electron chi connectivity index (χ2n) is 6.02. The van der Waals surface area contributed by atoms with Crippen LogP contribution >= 0.6 is 23.1 Å². The van der Waals surface area contributed by atoms with Gasteiger partial charge in [-0.25, -0.2) is 4.98 Å². The highest BCUT2D eigenvalue weighted by Crippen LogP contribution is 2.39. The number of thiazole rings is 1. The molecule has 8 nitrogen and oxygen atoms in total. The largest absolute Gasteiger partial charge is 0.494 e. The predicted molar refractivity (Wildman–Crippen MR) is 116 cm³/mol. The molecule has 2 aromatic carbocycles. The summed E-state index contributed by atoms with van der Waals surface area (Å²) in [6.45, 7) is 0. The molecule has 0 N–H and O–H groups in total. The van der Waals surface area contributed by atoms with Gasteiger partial charge in [0.25, 0.3) is 0 Å². The van der Waals surface area contributed by atoms with Crippen LogP contribution in [-0.2, 0) is 5.75 Å². The fraction of sp³-hybridized carbons (Fsp3) is 0.200. The second kappa shape index (κ2) is 9.14. The summed E-state index contributed by atoms with van der Waals surface area (Å²) >= 11 is 3.06. The van der Waals surface area contributed by atoms with Crippen LogP contribution < -0.4 is 14.2 Å². The fourth-order valence-corrected chi connectivity index (χ4v) is 4.64. The summed E-state index contributed by atoms with van der Waals surface area (Å²) in [4.78, 5) is 4.76. The Morgan fingerprint density at radius 3 is 2.57 bits per heavy atom. The number of benzene rings is 2. The highest BCUT2D eigenvalue weighted by molar-refractivity contribution is 7.98. The number of hydrogen-bond donors (Lipinski definition) is 0. The van der Waals surface area contributed by atoms with E-state index in [1.165, 1.54) is 11.8 Å². The van der Waals surface area contributed by atoms with E-state index < -0.39 is 0 Å². The Hall–Kier alpha value is -3.11. The lowest BCUT2D eigenvalue weighted by atomic mass is 10.2. The van der Waals surface area contributed by atoms with Gasteiger partial charge in [-0.2, -0.15) is 4.68 Å². The van der Waals surface area contributed by atoms with Crippen molar-refractivity contribution in [2.75, 3.05) is 21.3 Å². The molecule has 0 aliphatic rings. The van der Waals surface area contributed by atoms with E-state index in [4.69, 9.17) is 19.2 Å². The monoisotopic (exact) mass is 441 g/mol. The smallest absolute Gasteiger partial charge is 0.214 e. The van der Waals surface area contributed by atoms with Gasteiger partial charge in [-0.3, -0.25) is 0 Å². The molecule has 0 aliphatic heterocycles. The van der Waals surface area contributed by atoms with E-state index in [1.54, 1.807) is 37.3 Å². The topological polar surface area (TPSA) is 84.2 Å². The van der Waals surface area contributed by atoms with Crippen molar-refractivity contribution in [3.05, 3.63) is 53.5 Å². The highest BCUT2D eigenvalue weighted by Gasteiger charge is 2.16. The van der Waals surface area contributed by atoms with Crippen molar-refractivity contribution >= 4 is 23.1 Å². The number of thioether (sulfide) groups is 1. The molecule has 0 bridgehead atoms. The van der Waals surface area contributed by atoms with Gasteiger partial charge in [0.2, 0.25) is 5.16 Å². The first-order chi connectivity index (χ1) is 14.7. The molecule has 0 amide bonds. The third-order valence-electron chi connectivity index (χ3n) is 4.29. The average Bonchev–Trinajstić information content (AvgIpc) is 3.46. The second-order valence-corrected chi connectivity index (χ2v) is 7.82. The van der Waals surface area contributed by atoms with Crippen LogP contribution in [0.5, 0.6) is 17.2 Å². The van der Waals surface area contributed by atoms with E-state index in [2.05, 4.69) is 15.5 Å². The third-order valence-corrected chi connectivity index (χ3v) is 6.17. The van der Waals surface area contributed by atoms with E-state index in [-0.39, 0.29) is 0 Å². The number of para-hydroxylation sites is 3. The molecule has 0 saturated carbocycles. The van der Waals surface area contributed by atoms with Crippen LogP contribution in [0.25, 0.3) is 16.3 Å². The van der Waals surface area contributed by atoms with E-state index in [1.807, 2.05) is 47.8 Å². The SMILES string of the molecule is COc1ccccc1-n1nnnc1SCc1csc(-c2cccc(OC)c2OC)n1. The Morgan fingerprint density at radius 2 is 1.77 bits per heavy atom. The third kappa shape index (κ3) is 3.96. The Balaban J connectivity index is 1.54. The maximum Gasteiger partial charge on any atom is 0.214 e. The molecular weight excluding hydrogens is 422 g/mol. The van der Waals surface area contributed by atoms with Crippen molar-refractivity contribution < 1.29 is 14.2 Å². The van der Waals surface area contributed by atoms with Crippen LogP contribution in [0.15, 0.2) is 53.0 Å². The van der Waals surface area contributed by atoms with Crippen molar-refractivity contribution in [1.29, 1.82) is 0 Å². The quantitative estimate of drug-likeness (QED) is 0.378. The summed E-state index contributed by atoms with van der Waals surface area (Å²) in [5, 5.41) is 15.6. The van der Waals surface area contributed by atoms with Gasteiger partial charge in [-0.05, 0) is 34.7 Å². The van der Waals surface area contributed by atoms with Gasteiger partial charge in [0, 0.05) is 11.1 Å². The van der Waals surface area contributed by atoms with Crippen molar-refractivity contribution in [3.8, 4) is 33.5 Å². The maximum atomic E-state index is 5.53. The Labute approximate surface area is 181 Å². The summed E-state index contributed by atoms with van der Waals surface area (Å²) in [6.07, 6.45) is 0. The molecule has 0 radical (unpaired) electrons. The van der Waals surface area contributed by atoms with E-state index in [0.717, 1.165) is 22.0 Å². The van der Waals surface area contributed by atoms with Gasteiger partial charge in [0.1, 0.15) is 16.4 Å². The van der Waals surface area contributed by atoms with Gasteiger partial charge in [0.15, 0.2) is 11.5 Å². The van der Waals surface area contributed by atoms with Crippen molar-refractivity contribution in [2.45, 2.75) is 10.9 Å². The van der Waals surface area contributed by atoms with Crippen molar-refractivity contribution in [2.24, 2.45) is 0 Å². The summed E-state index contributed by atoms with van der Waals surface area (Å²) in [7, 11) is 4.88. The minimum Gasteiger partial charge on any atom is -0.494 e. The molecule has 154 valence electrons. The van der Waals surface area contributed by atoms with E-state index >= 15 is 0 Å². The van der Waals surface area contributed by atoms with Gasteiger partial charge >= 0.3 is 0 Å². The van der Waals surface area contributed by atoms with Gasteiger partial charge in [-0.1, -0.05) is 30.0 Å². The maximum absolute atomic E-state index is 5.53. The molecule has 10 heteroatoms. The normalized spacial score (nSPS) is 10.8. The fourth-order valence-electron chi connectivity index (χ4n) is 2.92. The number of tetrazole rings is 1. The minimum absolute atomic E-state index is 0.623. The lowest BCUT2D eigenvalue weighted by molar-refractivity contribution is 0.356. The summed E-state index contributed by atoms with van der Waals surface area (Å²) in [5.41, 5.74) is 2.61. The zero-order chi connectivity index (χ0) is 20.9. The number of nitrogens with zero attached hydrogens (tertiary/aromatic N) is 5. The molecule has 0 spiro atoms. The van der Waals surface area contributed by atoms with E-state index in [0.29, 0.717) is 28.2 Å². The number of aromatic nitrogens is 5. The first-order valence-electron chi connectivity index (χ1n) is 8.95. The molecular formula is C20H19N5O3S2. The molecule has 0 unspecified atom stereocenters. The summed E-state index contributed by atoms with van der Waals surface area (Å²) < 4.78 is 18.0. The highest BCUT2D eigenvalue weighted by atomic mass is 32.2. The van der Waals surface area contributed by atoms with Crippen LogP contribution in [0.2, 0.25) is 0 Å². The molecule has 30 heavy (non-hydrogen) atoms. The van der Waals surface area contributed by atoms with Gasteiger partial charge in [-0.15, -0.1) is 16.4 Å². The van der Waals surface area contributed by atoms with E-state index in [9.17, 15) is 0 Å². The first-order valence-corrected chi connectivity index (χ1v) is 10.8. The lowest BCUT2D eigenvalue weighted by Gasteiger charge is -2.10. The van der Waals surface area contributed by atoms with Crippen LogP contribution in [-0.4, -0.2) is 46.5 Å². The molecule has 0 aliphatic carbocycles. The molecule has 0 saturated heterocycles. The Bertz CT molecular complexity index is 1140. The number of rotatable bonds is 8. The van der Waals surface area contributed by atoms with Crippen LogP contribution in [0.3, 0.4) is 0 Å². The molecule has 4 rings (SSSR count). The summed E-state index contributed by atoms with van der Waals surface area (Å²) in [6, 6.07) is 13.4. The van der Waals surface area contributed by atoms with Gasteiger partial charge < -0.3 is 14.2 Å². The van der Waals surface area contributed by atoms with Crippen molar-refractivity contribution in [3.63, 3.8) is 0 Å². The Morgan fingerprint density at radius 1 is 0.967 bits per heavy atom. The molecule has 4 aromatic rings. The number of methoxy groups -OCH3 is 3. The standard InChI is InChI=1S/C20H19N5O3S2/c1-26-16-9-5-4-8-15(16)25-20(22-23-24-25)30-12-13-11-29-19(21-13)14-7-6-10-17(27-2)18(14)28-3/h4-11H,12H2,1-3H3. The lowest BCUT2D eigenvalue weighted by Crippen LogP contribution is -2.01. The predicted octanol–water partition coefficient (Wildman–Crippen LogP) is 4.10. The Kier molecular flexibility index (Phi) is 6.15. The van der Waals surface area contributed by atoms with Crippen LogP contribution in [0, 0.1) is 0 Å². The van der Waals surface area contributed by atoms with Crippen LogP contribution in [0.4, 0.5) is 0 Å².